The summed E-state index contributed by atoms with van der Waals surface area (Å²) in [7, 11) is 0. The summed E-state index contributed by atoms with van der Waals surface area (Å²) in [6, 6.07) is 0.337. The van der Waals surface area contributed by atoms with Crippen LogP contribution in [0.5, 0.6) is 0 Å². The summed E-state index contributed by atoms with van der Waals surface area (Å²) in [5.74, 6) is 2.50. The lowest BCUT2D eigenvalue weighted by Crippen LogP contribution is -2.35. The zero-order valence-corrected chi connectivity index (χ0v) is 11.7. The SMILES string of the molecule is CC(C)C1CCC(C(N)Cc2cncs2)CC1. The van der Waals surface area contributed by atoms with E-state index in [0.717, 1.165) is 24.2 Å². The van der Waals surface area contributed by atoms with Gasteiger partial charge in [0.1, 0.15) is 0 Å². The van der Waals surface area contributed by atoms with Gasteiger partial charge in [-0.05, 0) is 49.9 Å². The average molecular weight is 252 g/mol. The molecule has 2 rings (SSSR count). The fourth-order valence-electron chi connectivity index (χ4n) is 2.98. The summed E-state index contributed by atoms with van der Waals surface area (Å²) < 4.78 is 0. The van der Waals surface area contributed by atoms with E-state index >= 15 is 0 Å². The van der Waals surface area contributed by atoms with Gasteiger partial charge in [0.25, 0.3) is 0 Å². The Bertz CT molecular complexity index is 313. The average Bonchev–Trinajstić information content (AvgIpc) is 2.82. The van der Waals surface area contributed by atoms with Gasteiger partial charge in [-0.3, -0.25) is 4.98 Å². The summed E-state index contributed by atoms with van der Waals surface area (Å²) in [6.45, 7) is 4.70. The summed E-state index contributed by atoms with van der Waals surface area (Å²) in [6.07, 6.45) is 8.37. The fourth-order valence-corrected chi connectivity index (χ4v) is 3.65. The van der Waals surface area contributed by atoms with E-state index in [9.17, 15) is 0 Å². The van der Waals surface area contributed by atoms with E-state index in [0.29, 0.717) is 6.04 Å². The number of hydrogen-bond donors (Lipinski definition) is 1. The van der Waals surface area contributed by atoms with Crippen LogP contribution in [0.15, 0.2) is 11.7 Å². The number of hydrogen-bond acceptors (Lipinski definition) is 3. The standard InChI is InChI=1S/C14H24N2S/c1-10(2)11-3-5-12(6-4-11)14(15)7-13-8-16-9-17-13/h8-12,14H,3-7,15H2,1-2H3. The van der Waals surface area contributed by atoms with Crippen LogP contribution in [0.4, 0.5) is 0 Å². The van der Waals surface area contributed by atoms with E-state index in [1.807, 2.05) is 11.7 Å². The lowest BCUT2D eigenvalue weighted by atomic mass is 9.74. The second-order valence-electron chi connectivity index (χ2n) is 5.75. The molecule has 0 spiro atoms. The lowest BCUT2D eigenvalue weighted by molar-refractivity contribution is 0.203. The van der Waals surface area contributed by atoms with Crippen LogP contribution in [0.25, 0.3) is 0 Å². The van der Waals surface area contributed by atoms with Crippen molar-refractivity contribution in [3.63, 3.8) is 0 Å². The van der Waals surface area contributed by atoms with Crippen molar-refractivity contribution in [3.8, 4) is 0 Å². The molecule has 2 N–H and O–H groups in total. The fraction of sp³-hybridized carbons (Fsp3) is 0.786. The van der Waals surface area contributed by atoms with Crippen molar-refractivity contribution in [3.05, 3.63) is 16.6 Å². The molecule has 1 fully saturated rings. The molecule has 0 radical (unpaired) electrons. The molecular formula is C14H24N2S. The summed E-state index contributed by atoms with van der Waals surface area (Å²) in [5.41, 5.74) is 8.24. The van der Waals surface area contributed by atoms with Crippen molar-refractivity contribution in [1.82, 2.24) is 4.98 Å². The Labute approximate surface area is 109 Å². The molecule has 1 aliphatic carbocycles. The Kier molecular flexibility index (Phi) is 4.57. The van der Waals surface area contributed by atoms with Crippen LogP contribution in [0.3, 0.4) is 0 Å². The van der Waals surface area contributed by atoms with Crippen LogP contribution < -0.4 is 5.73 Å². The predicted molar refractivity (Wildman–Crippen MR) is 74.1 cm³/mol. The number of nitrogens with two attached hydrogens (primary N) is 1. The number of rotatable bonds is 4. The molecule has 2 nitrogen and oxygen atoms in total. The van der Waals surface area contributed by atoms with Crippen LogP contribution in [0, 0.1) is 17.8 Å². The lowest BCUT2D eigenvalue weighted by Gasteiger charge is -2.33. The summed E-state index contributed by atoms with van der Waals surface area (Å²) >= 11 is 1.73. The Morgan fingerprint density at radius 1 is 1.29 bits per heavy atom. The van der Waals surface area contributed by atoms with Gasteiger partial charge in [0, 0.05) is 17.1 Å². The normalized spacial score (nSPS) is 27.3. The molecule has 1 saturated carbocycles. The molecule has 1 heterocycles. The third-order valence-corrected chi connectivity index (χ3v) is 5.09. The smallest absolute Gasteiger partial charge is 0.0794 e. The highest BCUT2D eigenvalue weighted by atomic mass is 32.1. The second kappa shape index (κ2) is 5.96. The van der Waals surface area contributed by atoms with Crippen molar-refractivity contribution in [2.75, 3.05) is 0 Å². The van der Waals surface area contributed by atoms with Crippen molar-refractivity contribution in [1.29, 1.82) is 0 Å². The van der Waals surface area contributed by atoms with Gasteiger partial charge in [0.15, 0.2) is 0 Å². The van der Waals surface area contributed by atoms with E-state index in [-0.39, 0.29) is 0 Å². The van der Waals surface area contributed by atoms with Crippen molar-refractivity contribution < 1.29 is 0 Å². The van der Waals surface area contributed by atoms with E-state index in [2.05, 4.69) is 18.8 Å². The summed E-state index contributed by atoms with van der Waals surface area (Å²) in [4.78, 5) is 5.46. The van der Waals surface area contributed by atoms with Gasteiger partial charge < -0.3 is 5.73 Å². The van der Waals surface area contributed by atoms with Gasteiger partial charge in [-0.15, -0.1) is 11.3 Å². The minimum Gasteiger partial charge on any atom is -0.327 e. The highest BCUT2D eigenvalue weighted by Gasteiger charge is 2.27. The maximum Gasteiger partial charge on any atom is 0.0794 e. The molecule has 1 unspecified atom stereocenters. The van der Waals surface area contributed by atoms with E-state index in [1.54, 1.807) is 11.3 Å². The van der Waals surface area contributed by atoms with Gasteiger partial charge in [-0.25, -0.2) is 0 Å². The zero-order chi connectivity index (χ0) is 12.3. The topological polar surface area (TPSA) is 38.9 Å². The van der Waals surface area contributed by atoms with Gasteiger partial charge in [0.05, 0.1) is 5.51 Å². The van der Waals surface area contributed by atoms with E-state index in [1.165, 1.54) is 30.6 Å². The molecule has 1 aromatic rings. The molecule has 1 aliphatic rings. The first kappa shape index (κ1) is 13.0. The molecule has 1 aromatic heterocycles. The Morgan fingerprint density at radius 3 is 2.47 bits per heavy atom. The van der Waals surface area contributed by atoms with Crippen LogP contribution in [-0.4, -0.2) is 11.0 Å². The Morgan fingerprint density at radius 2 is 1.94 bits per heavy atom. The molecule has 0 bridgehead atoms. The monoisotopic (exact) mass is 252 g/mol. The highest BCUT2D eigenvalue weighted by molar-refractivity contribution is 7.09. The van der Waals surface area contributed by atoms with Crippen LogP contribution in [0.1, 0.15) is 44.4 Å². The van der Waals surface area contributed by atoms with Gasteiger partial charge in [-0.1, -0.05) is 13.8 Å². The minimum absolute atomic E-state index is 0.337. The second-order valence-corrected chi connectivity index (χ2v) is 6.73. The van der Waals surface area contributed by atoms with Gasteiger partial charge >= 0.3 is 0 Å². The number of aromatic nitrogens is 1. The predicted octanol–water partition coefficient (Wildman–Crippen LogP) is 3.48. The highest BCUT2D eigenvalue weighted by Crippen LogP contribution is 2.35. The van der Waals surface area contributed by atoms with Crippen molar-refractivity contribution in [2.24, 2.45) is 23.5 Å². The van der Waals surface area contributed by atoms with E-state index in [4.69, 9.17) is 5.73 Å². The minimum atomic E-state index is 0.337. The molecule has 1 atom stereocenters. The maximum atomic E-state index is 6.34. The molecule has 0 amide bonds. The first-order chi connectivity index (χ1) is 8.16. The molecule has 96 valence electrons. The largest absolute Gasteiger partial charge is 0.327 e. The molecule has 0 saturated heterocycles. The van der Waals surface area contributed by atoms with Crippen LogP contribution >= 0.6 is 11.3 Å². The van der Waals surface area contributed by atoms with Gasteiger partial charge in [-0.2, -0.15) is 0 Å². The first-order valence-corrected chi connectivity index (χ1v) is 7.67. The molecule has 0 aromatic carbocycles. The summed E-state index contributed by atoms with van der Waals surface area (Å²) in [5, 5.41) is 0. The first-order valence-electron chi connectivity index (χ1n) is 6.79. The van der Waals surface area contributed by atoms with Crippen molar-refractivity contribution >= 4 is 11.3 Å². The number of nitrogens with zero attached hydrogens (tertiary/aromatic N) is 1. The molecule has 0 aliphatic heterocycles. The Balaban J connectivity index is 1.80. The molecule has 3 heteroatoms. The Hall–Kier alpha value is -0.410. The molecule has 17 heavy (non-hydrogen) atoms. The third kappa shape index (κ3) is 3.52. The quantitative estimate of drug-likeness (QED) is 0.891. The maximum absolute atomic E-state index is 6.34. The van der Waals surface area contributed by atoms with Gasteiger partial charge in [0.2, 0.25) is 0 Å². The van der Waals surface area contributed by atoms with E-state index < -0.39 is 0 Å². The molecular weight excluding hydrogens is 228 g/mol. The number of thiazole rings is 1. The van der Waals surface area contributed by atoms with Crippen molar-refractivity contribution in [2.45, 2.75) is 52.0 Å². The van der Waals surface area contributed by atoms with Crippen LogP contribution in [0.2, 0.25) is 0 Å². The third-order valence-electron chi connectivity index (χ3n) is 4.29. The van der Waals surface area contributed by atoms with Crippen LogP contribution in [-0.2, 0) is 6.42 Å². The zero-order valence-electron chi connectivity index (χ0n) is 10.9.